The van der Waals surface area contributed by atoms with Crippen LogP contribution in [0.4, 0.5) is 8.78 Å². The first kappa shape index (κ1) is 22.7. The Kier molecular flexibility index (Phi) is 6.58. The number of hydrogen-bond acceptors (Lipinski definition) is 4. The second-order valence-corrected chi connectivity index (χ2v) is 8.05. The Balaban J connectivity index is 2.49. The zero-order valence-corrected chi connectivity index (χ0v) is 17.3. The summed E-state index contributed by atoms with van der Waals surface area (Å²) in [4.78, 5) is 24.1. The molecule has 0 radical (unpaired) electrons. The van der Waals surface area contributed by atoms with Gasteiger partial charge in [0.05, 0.1) is 7.11 Å². The Morgan fingerprint density at radius 2 is 1.83 bits per heavy atom. The summed E-state index contributed by atoms with van der Waals surface area (Å²) >= 11 is 0. The van der Waals surface area contributed by atoms with Crippen LogP contribution in [0.15, 0.2) is 53.1 Å². The van der Waals surface area contributed by atoms with E-state index >= 15 is 0 Å². The minimum absolute atomic E-state index is 0.0164. The maximum Gasteiger partial charge on any atom is 0.330 e. The lowest BCUT2D eigenvalue weighted by Gasteiger charge is -2.46. The number of ketones is 1. The van der Waals surface area contributed by atoms with Gasteiger partial charge in [-0.15, -0.1) is 0 Å². The molecule has 0 spiro atoms. The lowest BCUT2D eigenvalue weighted by molar-refractivity contribution is -0.134. The van der Waals surface area contributed by atoms with E-state index in [-0.39, 0.29) is 18.6 Å². The van der Waals surface area contributed by atoms with E-state index in [1.807, 2.05) is 0 Å². The van der Waals surface area contributed by atoms with Gasteiger partial charge in [-0.25, -0.2) is 13.6 Å². The molecule has 1 atom stereocenters. The van der Waals surface area contributed by atoms with Gasteiger partial charge >= 0.3 is 5.97 Å². The molecule has 0 unspecified atom stereocenters. The fourth-order valence-corrected chi connectivity index (χ4v) is 3.63. The molecule has 0 saturated carbocycles. The van der Waals surface area contributed by atoms with Gasteiger partial charge in [0, 0.05) is 36.0 Å². The van der Waals surface area contributed by atoms with Crippen molar-refractivity contribution in [1.29, 1.82) is 0 Å². The number of rotatable bonds is 5. The molecule has 0 fully saturated rings. The van der Waals surface area contributed by atoms with E-state index in [0.717, 1.165) is 6.07 Å². The number of benzene rings is 1. The number of ether oxygens (including phenoxy) is 1. The predicted molar refractivity (Wildman–Crippen MR) is 106 cm³/mol. The van der Waals surface area contributed by atoms with Crippen LogP contribution in [-0.4, -0.2) is 29.6 Å². The van der Waals surface area contributed by atoms with Crippen molar-refractivity contribution in [2.45, 2.75) is 46.1 Å². The van der Waals surface area contributed by atoms with Crippen LogP contribution in [-0.2, 0) is 20.7 Å². The summed E-state index contributed by atoms with van der Waals surface area (Å²) < 4.78 is 31.7. The van der Waals surface area contributed by atoms with Crippen molar-refractivity contribution in [3.05, 3.63) is 70.3 Å². The summed E-state index contributed by atoms with van der Waals surface area (Å²) in [6, 6.07) is 3.12. The van der Waals surface area contributed by atoms with Crippen LogP contribution in [0.2, 0.25) is 0 Å². The monoisotopic (exact) mass is 404 g/mol. The summed E-state index contributed by atoms with van der Waals surface area (Å²) in [5.41, 5.74) is -0.653. The maximum absolute atomic E-state index is 13.5. The summed E-state index contributed by atoms with van der Waals surface area (Å²) in [6.45, 7) is 6.88. The smallest absolute Gasteiger partial charge is 0.330 e. The zero-order chi connectivity index (χ0) is 22.0. The SMILES string of the molecule is COC(=O)/C=C(C)\C=C\[C@@]1(O)C(C)=C(Cc2cc(F)cc(F)c2)C(=O)CC1(C)C. The summed E-state index contributed by atoms with van der Waals surface area (Å²) in [5, 5.41) is 11.5. The quantitative estimate of drug-likeness (QED) is 0.453. The minimum Gasteiger partial charge on any atom is -0.466 e. The third-order valence-electron chi connectivity index (χ3n) is 5.43. The van der Waals surface area contributed by atoms with Crippen molar-refractivity contribution < 1.29 is 28.2 Å². The molecule has 0 heterocycles. The third-order valence-corrected chi connectivity index (χ3v) is 5.43. The molecular weight excluding hydrogens is 378 g/mol. The molecule has 1 aromatic rings. The van der Waals surface area contributed by atoms with E-state index in [1.54, 1.807) is 39.8 Å². The number of Topliss-reactive ketones (excluding diaryl/α,β-unsaturated/α-hetero) is 1. The van der Waals surface area contributed by atoms with Gasteiger partial charge in [-0.2, -0.15) is 0 Å². The van der Waals surface area contributed by atoms with Crippen molar-refractivity contribution in [3.8, 4) is 0 Å². The average Bonchev–Trinajstić information content (AvgIpc) is 2.61. The highest BCUT2D eigenvalue weighted by atomic mass is 19.1. The van der Waals surface area contributed by atoms with Crippen LogP contribution in [0, 0.1) is 17.0 Å². The fourth-order valence-electron chi connectivity index (χ4n) is 3.63. The van der Waals surface area contributed by atoms with Crippen molar-refractivity contribution in [3.63, 3.8) is 0 Å². The van der Waals surface area contributed by atoms with Crippen LogP contribution in [0.1, 0.15) is 39.7 Å². The van der Waals surface area contributed by atoms with Crippen LogP contribution in [0.25, 0.3) is 0 Å². The van der Waals surface area contributed by atoms with E-state index in [2.05, 4.69) is 4.74 Å². The number of halogens is 2. The summed E-state index contributed by atoms with van der Waals surface area (Å²) in [5.74, 6) is -2.13. The molecule has 6 heteroatoms. The van der Waals surface area contributed by atoms with Gasteiger partial charge in [0.25, 0.3) is 0 Å². The summed E-state index contributed by atoms with van der Waals surface area (Å²) in [6.07, 6.45) is 4.52. The summed E-state index contributed by atoms with van der Waals surface area (Å²) in [7, 11) is 1.27. The van der Waals surface area contributed by atoms with Gasteiger partial charge in [0.1, 0.15) is 17.2 Å². The van der Waals surface area contributed by atoms with Crippen molar-refractivity contribution >= 4 is 11.8 Å². The number of allylic oxidation sites excluding steroid dienone is 3. The van der Waals surface area contributed by atoms with Gasteiger partial charge in [-0.05, 0) is 48.8 Å². The first-order valence-corrected chi connectivity index (χ1v) is 9.26. The molecule has 0 amide bonds. The molecule has 4 nitrogen and oxygen atoms in total. The van der Waals surface area contributed by atoms with E-state index in [9.17, 15) is 23.5 Å². The van der Waals surface area contributed by atoms with E-state index in [4.69, 9.17) is 0 Å². The highest BCUT2D eigenvalue weighted by Gasteiger charge is 2.49. The Hall–Kier alpha value is -2.60. The Labute approximate surface area is 169 Å². The highest BCUT2D eigenvalue weighted by Crippen LogP contribution is 2.47. The fraction of sp³-hybridized carbons (Fsp3) is 0.391. The number of aliphatic hydroxyl groups is 1. The van der Waals surface area contributed by atoms with Crippen molar-refractivity contribution in [2.24, 2.45) is 5.41 Å². The molecular formula is C23H26F2O4. The minimum atomic E-state index is -1.48. The molecule has 1 aliphatic rings. The van der Waals surface area contributed by atoms with Crippen LogP contribution < -0.4 is 0 Å². The first-order valence-electron chi connectivity index (χ1n) is 9.26. The highest BCUT2D eigenvalue weighted by molar-refractivity contribution is 5.98. The average molecular weight is 404 g/mol. The molecule has 29 heavy (non-hydrogen) atoms. The van der Waals surface area contributed by atoms with E-state index in [1.165, 1.54) is 25.3 Å². The zero-order valence-electron chi connectivity index (χ0n) is 17.3. The Morgan fingerprint density at radius 3 is 2.38 bits per heavy atom. The number of carbonyl (C=O) groups is 2. The number of hydrogen-bond donors (Lipinski definition) is 1. The predicted octanol–water partition coefficient (Wildman–Crippen LogP) is 4.23. The molecule has 1 aromatic carbocycles. The molecule has 1 aliphatic carbocycles. The van der Waals surface area contributed by atoms with Gasteiger partial charge in [0.2, 0.25) is 0 Å². The largest absolute Gasteiger partial charge is 0.466 e. The van der Waals surface area contributed by atoms with Crippen LogP contribution in [0.3, 0.4) is 0 Å². The second-order valence-electron chi connectivity index (χ2n) is 8.05. The molecule has 0 aliphatic heterocycles. The maximum atomic E-state index is 13.5. The lowest BCUT2D eigenvalue weighted by atomic mass is 9.62. The van der Waals surface area contributed by atoms with Gasteiger partial charge in [0.15, 0.2) is 5.78 Å². The lowest BCUT2D eigenvalue weighted by Crippen LogP contribution is -2.49. The third kappa shape index (κ3) is 4.88. The van der Waals surface area contributed by atoms with Crippen molar-refractivity contribution in [1.82, 2.24) is 0 Å². The Bertz CT molecular complexity index is 905. The standard InChI is InChI=1S/C23H26F2O4/c1-14(8-21(27)29-5)6-7-23(28)15(2)19(20(26)13-22(23,3)4)11-16-9-17(24)12-18(25)10-16/h6-10,12,28H,11,13H2,1-5H3/b7-6+,14-8-/t23-/m1/s1. The van der Waals surface area contributed by atoms with Gasteiger partial charge in [-0.3, -0.25) is 4.79 Å². The van der Waals surface area contributed by atoms with Crippen LogP contribution >= 0.6 is 0 Å². The second kappa shape index (κ2) is 8.41. The molecule has 156 valence electrons. The Morgan fingerprint density at radius 1 is 1.24 bits per heavy atom. The number of methoxy groups -OCH3 is 1. The molecule has 2 rings (SSSR count). The van der Waals surface area contributed by atoms with E-state index in [0.29, 0.717) is 22.3 Å². The first-order chi connectivity index (χ1) is 13.4. The molecule has 1 N–H and O–H groups in total. The normalized spacial score (nSPS) is 22.3. The number of carbonyl (C=O) groups excluding carboxylic acids is 2. The number of esters is 1. The van der Waals surface area contributed by atoms with Gasteiger partial charge in [-0.1, -0.05) is 19.9 Å². The van der Waals surface area contributed by atoms with E-state index < -0.39 is 28.6 Å². The molecule has 0 saturated heterocycles. The topological polar surface area (TPSA) is 63.6 Å². The van der Waals surface area contributed by atoms with Crippen LogP contribution in [0.5, 0.6) is 0 Å². The molecule has 0 bridgehead atoms. The van der Waals surface area contributed by atoms with Gasteiger partial charge < -0.3 is 9.84 Å². The molecule has 0 aromatic heterocycles. The van der Waals surface area contributed by atoms with Crippen molar-refractivity contribution in [2.75, 3.05) is 7.11 Å².